The number of rotatable bonds is 5. The normalized spacial score (nSPS) is 11.9. The van der Waals surface area contributed by atoms with Gasteiger partial charge in [-0.1, -0.05) is 24.3 Å². The summed E-state index contributed by atoms with van der Waals surface area (Å²) in [4.78, 5) is 37.7. The van der Waals surface area contributed by atoms with Crippen LogP contribution in [0.15, 0.2) is 46.6 Å². The van der Waals surface area contributed by atoms with Gasteiger partial charge in [0, 0.05) is 17.3 Å². The van der Waals surface area contributed by atoms with Gasteiger partial charge >= 0.3 is 5.97 Å². The van der Waals surface area contributed by atoms with E-state index in [-0.39, 0.29) is 11.3 Å². The molecule has 7 nitrogen and oxygen atoms in total. The minimum Gasteiger partial charge on any atom is -0.448 e. The zero-order valence-electron chi connectivity index (χ0n) is 14.3. The molecule has 0 saturated heterocycles. The van der Waals surface area contributed by atoms with Gasteiger partial charge in [-0.05, 0) is 24.4 Å². The van der Waals surface area contributed by atoms with Gasteiger partial charge in [-0.15, -0.1) is 11.3 Å². The number of aryl methyl sites for hydroxylation is 1. The largest absolute Gasteiger partial charge is 0.448 e. The second-order valence-electron chi connectivity index (χ2n) is 5.67. The standard InChI is InChI=1S/C18H17N3O4S/c1-11(16(22)19-10-12-6-5-9-26-12)25-18(24)15-13-7-3-4-8-14(13)17(23)21(2)20-15/h3-9,11H,10H2,1-2H3,(H,19,22). The summed E-state index contributed by atoms with van der Waals surface area (Å²) >= 11 is 1.53. The van der Waals surface area contributed by atoms with Crippen LogP contribution >= 0.6 is 11.3 Å². The van der Waals surface area contributed by atoms with Crippen molar-refractivity contribution >= 4 is 34.0 Å². The highest BCUT2D eigenvalue weighted by Crippen LogP contribution is 2.15. The molecule has 0 bridgehead atoms. The summed E-state index contributed by atoms with van der Waals surface area (Å²) in [6.45, 7) is 1.87. The van der Waals surface area contributed by atoms with Crippen LogP contribution in [0.2, 0.25) is 0 Å². The lowest BCUT2D eigenvalue weighted by atomic mass is 10.1. The van der Waals surface area contributed by atoms with Gasteiger partial charge < -0.3 is 10.1 Å². The molecular formula is C18H17N3O4S. The number of thiophene rings is 1. The number of carbonyl (C=O) groups is 2. The van der Waals surface area contributed by atoms with Crippen molar-refractivity contribution in [3.8, 4) is 0 Å². The van der Waals surface area contributed by atoms with Crippen LogP contribution in [0.1, 0.15) is 22.3 Å². The molecular weight excluding hydrogens is 354 g/mol. The Balaban J connectivity index is 1.75. The quantitative estimate of drug-likeness (QED) is 0.692. The fourth-order valence-corrected chi connectivity index (χ4v) is 3.10. The van der Waals surface area contributed by atoms with Crippen LogP contribution in [0.5, 0.6) is 0 Å². The predicted molar refractivity (Wildman–Crippen MR) is 98.0 cm³/mol. The Kier molecular flexibility index (Phi) is 5.13. The fourth-order valence-electron chi connectivity index (χ4n) is 2.45. The van der Waals surface area contributed by atoms with Crippen LogP contribution in [-0.4, -0.2) is 27.8 Å². The number of esters is 1. The van der Waals surface area contributed by atoms with Gasteiger partial charge in [-0.2, -0.15) is 5.10 Å². The number of amides is 1. The number of fused-ring (bicyclic) bond motifs is 1. The van der Waals surface area contributed by atoms with E-state index in [1.54, 1.807) is 24.3 Å². The highest BCUT2D eigenvalue weighted by atomic mass is 32.1. The lowest BCUT2D eigenvalue weighted by Gasteiger charge is -2.14. The van der Waals surface area contributed by atoms with Gasteiger partial charge in [0.15, 0.2) is 11.8 Å². The van der Waals surface area contributed by atoms with Gasteiger partial charge in [0.25, 0.3) is 11.5 Å². The highest BCUT2D eigenvalue weighted by Gasteiger charge is 2.22. The van der Waals surface area contributed by atoms with Crippen molar-refractivity contribution in [3.05, 3.63) is 62.7 Å². The van der Waals surface area contributed by atoms with Crippen LogP contribution in [0.4, 0.5) is 0 Å². The summed E-state index contributed by atoms with van der Waals surface area (Å²) < 4.78 is 6.33. The van der Waals surface area contributed by atoms with E-state index in [0.717, 1.165) is 9.56 Å². The van der Waals surface area contributed by atoms with E-state index in [1.807, 2.05) is 17.5 Å². The number of benzene rings is 1. The summed E-state index contributed by atoms with van der Waals surface area (Å²) in [5, 5.41) is 9.40. The van der Waals surface area contributed by atoms with Gasteiger partial charge in [0.2, 0.25) is 0 Å². The van der Waals surface area contributed by atoms with Crippen LogP contribution in [0, 0.1) is 0 Å². The van der Waals surface area contributed by atoms with E-state index in [0.29, 0.717) is 17.3 Å². The maximum atomic E-state index is 12.5. The van der Waals surface area contributed by atoms with Crippen molar-refractivity contribution in [2.45, 2.75) is 19.6 Å². The summed E-state index contributed by atoms with van der Waals surface area (Å²) in [7, 11) is 1.46. The Hall–Kier alpha value is -3.00. The zero-order valence-corrected chi connectivity index (χ0v) is 15.1. The molecule has 2 aromatic heterocycles. The maximum Gasteiger partial charge on any atom is 0.360 e. The summed E-state index contributed by atoms with van der Waals surface area (Å²) in [6, 6.07) is 10.5. The predicted octanol–water partition coefficient (Wildman–Crippen LogP) is 1.86. The Morgan fingerprint density at radius 1 is 1.23 bits per heavy atom. The molecule has 3 rings (SSSR count). The van der Waals surface area contributed by atoms with E-state index in [2.05, 4.69) is 10.4 Å². The highest BCUT2D eigenvalue weighted by molar-refractivity contribution is 7.09. The molecule has 0 aliphatic carbocycles. The number of aromatic nitrogens is 2. The first kappa shape index (κ1) is 17.8. The van der Waals surface area contributed by atoms with Crippen molar-refractivity contribution in [2.24, 2.45) is 7.05 Å². The number of nitrogens with one attached hydrogen (secondary N) is 1. The maximum absolute atomic E-state index is 12.5. The molecule has 26 heavy (non-hydrogen) atoms. The first-order chi connectivity index (χ1) is 12.5. The van der Waals surface area contributed by atoms with Crippen LogP contribution in [-0.2, 0) is 23.1 Å². The topological polar surface area (TPSA) is 90.3 Å². The number of hydrogen-bond donors (Lipinski definition) is 1. The molecule has 0 radical (unpaired) electrons. The minimum absolute atomic E-state index is 0.000562. The molecule has 0 aliphatic heterocycles. The monoisotopic (exact) mass is 371 g/mol. The molecule has 1 amide bonds. The van der Waals surface area contributed by atoms with E-state index in [4.69, 9.17) is 4.74 Å². The minimum atomic E-state index is -0.986. The molecule has 0 saturated carbocycles. The van der Waals surface area contributed by atoms with Crippen molar-refractivity contribution in [2.75, 3.05) is 0 Å². The molecule has 8 heteroatoms. The third-order valence-electron chi connectivity index (χ3n) is 3.82. The Morgan fingerprint density at radius 2 is 1.96 bits per heavy atom. The molecule has 0 aliphatic rings. The molecule has 1 atom stereocenters. The van der Waals surface area contributed by atoms with Crippen LogP contribution in [0.3, 0.4) is 0 Å². The summed E-state index contributed by atoms with van der Waals surface area (Å²) in [5.74, 6) is -1.16. The van der Waals surface area contributed by atoms with E-state index >= 15 is 0 Å². The molecule has 1 aromatic carbocycles. The molecule has 1 unspecified atom stereocenters. The van der Waals surface area contributed by atoms with Crippen LogP contribution < -0.4 is 10.9 Å². The molecule has 3 aromatic rings. The lowest BCUT2D eigenvalue weighted by molar-refractivity contribution is -0.129. The molecule has 0 fully saturated rings. The Bertz CT molecular complexity index is 1010. The second-order valence-corrected chi connectivity index (χ2v) is 6.70. The van der Waals surface area contributed by atoms with E-state index < -0.39 is 18.0 Å². The van der Waals surface area contributed by atoms with E-state index in [9.17, 15) is 14.4 Å². The van der Waals surface area contributed by atoms with Crippen molar-refractivity contribution in [3.63, 3.8) is 0 Å². The second kappa shape index (κ2) is 7.49. The molecule has 134 valence electrons. The first-order valence-corrected chi connectivity index (χ1v) is 8.82. The average Bonchev–Trinajstić information content (AvgIpc) is 3.16. The Morgan fingerprint density at radius 3 is 2.65 bits per heavy atom. The number of nitrogens with zero attached hydrogens (tertiary/aromatic N) is 2. The average molecular weight is 371 g/mol. The Labute approximate surface area is 153 Å². The van der Waals surface area contributed by atoms with Crippen LogP contribution in [0.25, 0.3) is 10.8 Å². The molecule has 0 spiro atoms. The fraction of sp³-hybridized carbons (Fsp3) is 0.222. The van der Waals surface area contributed by atoms with Gasteiger partial charge in [0.1, 0.15) is 0 Å². The van der Waals surface area contributed by atoms with E-state index in [1.165, 1.54) is 25.3 Å². The van der Waals surface area contributed by atoms with Crippen molar-refractivity contribution in [1.82, 2.24) is 15.1 Å². The van der Waals surface area contributed by atoms with Crippen molar-refractivity contribution in [1.29, 1.82) is 0 Å². The molecule has 2 heterocycles. The zero-order chi connectivity index (χ0) is 18.7. The summed E-state index contributed by atoms with van der Waals surface area (Å²) in [5.41, 5.74) is -0.306. The smallest absolute Gasteiger partial charge is 0.360 e. The molecule has 1 N–H and O–H groups in total. The number of hydrogen-bond acceptors (Lipinski definition) is 6. The SMILES string of the molecule is CC(OC(=O)c1nn(C)c(=O)c2ccccc12)C(=O)NCc1cccs1. The van der Waals surface area contributed by atoms with Crippen molar-refractivity contribution < 1.29 is 14.3 Å². The number of carbonyl (C=O) groups excluding carboxylic acids is 2. The van der Waals surface area contributed by atoms with Gasteiger partial charge in [-0.3, -0.25) is 9.59 Å². The third-order valence-corrected chi connectivity index (χ3v) is 4.70. The van der Waals surface area contributed by atoms with Gasteiger partial charge in [-0.25, -0.2) is 9.48 Å². The first-order valence-electron chi connectivity index (χ1n) is 7.94. The van der Waals surface area contributed by atoms with Gasteiger partial charge in [0.05, 0.1) is 11.9 Å². The number of ether oxygens (including phenoxy) is 1. The third kappa shape index (κ3) is 3.65. The lowest BCUT2D eigenvalue weighted by Crippen LogP contribution is -2.36. The summed E-state index contributed by atoms with van der Waals surface area (Å²) in [6.07, 6.45) is -0.986.